The van der Waals surface area contributed by atoms with E-state index in [1.807, 2.05) is 30.3 Å². The van der Waals surface area contributed by atoms with E-state index in [0.29, 0.717) is 33.0 Å². The first-order valence-corrected chi connectivity index (χ1v) is 8.10. The number of ether oxygens (including phenoxy) is 2. The first-order chi connectivity index (χ1) is 11.2. The topological polar surface area (TPSA) is 51.9 Å². The number of carbonyl (C=O) groups is 1. The molecule has 0 spiro atoms. The van der Waals surface area contributed by atoms with Crippen LogP contribution in [0.4, 0.5) is 0 Å². The summed E-state index contributed by atoms with van der Waals surface area (Å²) in [6, 6.07) is 9.17. The number of amides is 1. The summed E-state index contributed by atoms with van der Waals surface area (Å²) in [5.74, 6) is 1.98. The van der Waals surface area contributed by atoms with E-state index in [4.69, 9.17) is 26.1 Å². The second kappa shape index (κ2) is 5.75. The van der Waals surface area contributed by atoms with Gasteiger partial charge in [-0.15, -0.1) is 0 Å². The molecule has 3 heterocycles. The molecule has 0 atom stereocenters. The lowest BCUT2D eigenvalue weighted by Crippen LogP contribution is -2.27. The maximum Gasteiger partial charge on any atom is 0.266 e. The predicted molar refractivity (Wildman–Crippen MR) is 90.0 cm³/mol. The minimum Gasteiger partial charge on any atom is -0.467 e. The summed E-state index contributed by atoms with van der Waals surface area (Å²) in [6.07, 6.45) is 3.39. The largest absolute Gasteiger partial charge is 0.467 e. The van der Waals surface area contributed by atoms with Gasteiger partial charge >= 0.3 is 0 Å². The van der Waals surface area contributed by atoms with Crippen molar-refractivity contribution in [1.29, 1.82) is 0 Å². The molecule has 23 heavy (non-hydrogen) atoms. The van der Waals surface area contributed by atoms with Crippen LogP contribution in [0.1, 0.15) is 11.3 Å². The maximum absolute atomic E-state index is 12.5. The molecule has 116 valence electrons. The number of hydrogen-bond donors (Lipinski definition) is 0. The van der Waals surface area contributed by atoms with E-state index in [1.165, 1.54) is 16.7 Å². The molecule has 5 nitrogen and oxygen atoms in total. The van der Waals surface area contributed by atoms with Gasteiger partial charge in [-0.1, -0.05) is 30.0 Å². The lowest BCUT2D eigenvalue weighted by atomic mass is 10.2. The summed E-state index contributed by atoms with van der Waals surface area (Å²) in [5, 5.41) is 0. The quantitative estimate of drug-likeness (QED) is 0.628. The van der Waals surface area contributed by atoms with E-state index < -0.39 is 0 Å². The predicted octanol–water partition coefficient (Wildman–Crippen LogP) is 3.41. The highest BCUT2D eigenvalue weighted by molar-refractivity contribution is 8.26. The molecular formula is C16H11NO4S2. The standard InChI is InChI=1S/C16H11NO4S2/c18-15-14(7-10-3-4-12-13(6-10)21-9-20-12)23-16(22)17(15)8-11-2-1-5-19-11/h1-7H,8-9H2/b14-7+. The average molecular weight is 345 g/mol. The van der Waals surface area contributed by atoms with Crippen molar-refractivity contribution in [2.24, 2.45) is 0 Å². The van der Waals surface area contributed by atoms with E-state index in [9.17, 15) is 4.79 Å². The zero-order valence-electron chi connectivity index (χ0n) is 11.9. The van der Waals surface area contributed by atoms with Gasteiger partial charge in [0.2, 0.25) is 6.79 Å². The van der Waals surface area contributed by atoms with Crippen molar-refractivity contribution in [2.45, 2.75) is 6.54 Å². The van der Waals surface area contributed by atoms with Crippen LogP contribution in [-0.2, 0) is 11.3 Å². The molecule has 2 aromatic rings. The van der Waals surface area contributed by atoms with E-state index in [1.54, 1.807) is 12.3 Å². The van der Waals surface area contributed by atoms with Gasteiger partial charge in [-0.3, -0.25) is 9.69 Å². The van der Waals surface area contributed by atoms with Crippen LogP contribution in [0.25, 0.3) is 6.08 Å². The van der Waals surface area contributed by atoms with Gasteiger partial charge in [0.05, 0.1) is 17.7 Å². The Hall–Kier alpha value is -2.25. The minimum absolute atomic E-state index is 0.117. The van der Waals surface area contributed by atoms with Gasteiger partial charge in [-0.25, -0.2) is 0 Å². The summed E-state index contributed by atoms with van der Waals surface area (Å²) >= 11 is 6.59. The first-order valence-electron chi connectivity index (χ1n) is 6.88. The van der Waals surface area contributed by atoms with E-state index in [0.717, 1.165) is 5.56 Å². The van der Waals surface area contributed by atoms with Crippen LogP contribution in [-0.4, -0.2) is 21.9 Å². The molecule has 0 unspecified atom stereocenters. The van der Waals surface area contributed by atoms with Gasteiger partial charge < -0.3 is 13.9 Å². The van der Waals surface area contributed by atoms with Crippen LogP contribution in [0.3, 0.4) is 0 Å². The molecule has 7 heteroatoms. The molecule has 1 aromatic heterocycles. The number of hydrogen-bond acceptors (Lipinski definition) is 6. The van der Waals surface area contributed by atoms with Gasteiger partial charge in [0.15, 0.2) is 11.5 Å². The Morgan fingerprint density at radius 1 is 1.26 bits per heavy atom. The number of furan rings is 1. The van der Waals surface area contributed by atoms with Gasteiger partial charge in [0.25, 0.3) is 5.91 Å². The Morgan fingerprint density at radius 2 is 2.13 bits per heavy atom. The molecule has 0 aliphatic carbocycles. The summed E-state index contributed by atoms with van der Waals surface area (Å²) in [4.78, 5) is 14.7. The van der Waals surface area contributed by atoms with Gasteiger partial charge in [-0.2, -0.15) is 0 Å². The van der Waals surface area contributed by atoms with Gasteiger partial charge in [0, 0.05) is 0 Å². The molecule has 2 aliphatic rings. The molecule has 1 aromatic carbocycles. The molecule has 0 N–H and O–H groups in total. The summed E-state index contributed by atoms with van der Waals surface area (Å²) in [7, 11) is 0. The fraction of sp³-hybridized carbons (Fsp3) is 0.125. The normalized spacial score (nSPS) is 18.3. The smallest absolute Gasteiger partial charge is 0.266 e. The second-order valence-electron chi connectivity index (χ2n) is 4.96. The van der Waals surface area contributed by atoms with Crippen molar-refractivity contribution >= 4 is 40.3 Å². The molecule has 4 rings (SSSR count). The highest BCUT2D eigenvalue weighted by atomic mass is 32.2. The minimum atomic E-state index is -0.117. The van der Waals surface area contributed by atoms with Crippen molar-refractivity contribution in [3.05, 3.63) is 52.8 Å². The van der Waals surface area contributed by atoms with Crippen LogP contribution < -0.4 is 9.47 Å². The van der Waals surface area contributed by atoms with Crippen LogP contribution in [0.5, 0.6) is 11.5 Å². The molecule has 0 bridgehead atoms. The van der Waals surface area contributed by atoms with Crippen molar-refractivity contribution in [3.8, 4) is 11.5 Å². The zero-order chi connectivity index (χ0) is 15.8. The molecule has 0 saturated carbocycles. The third kappa shape index (κ3) is 2.73. The molecule has 1 saturated heterocycles. The number of carbonyl (C=O) groups excluding carboxylic acids is 1. The average Bonchev–Trinajstić information content (AvgIpc) is 3.26. The molecular weight excluding hydrogens is 334 g/mol. The van der Waals surface area contributed by atoms with Crippen LogP contribution >= 0.6 is 24.0 Å². The Morgan fingerprint density at radius 3 is 2.96 bits per heavy atom. The van der Waals surface area contributed by atoms with Crippen LogP contribution in [0, 0.1) is 0 Å². The number of rotatable bonds is 3. The van der Waals surface area contributed by atoms with Crippen molar-refractivity contribution in [1.82, 2.24) is 4.90 Å². The fourth-order valence-electron chi connectivity index (χ4n) is 2.35. The Labute approximate surface area is 141 Å². The summed E-state index contributed by atoms with van der Waals surface area (Å²) in [6.45, 7) is 0.570. The molecule has 2 aliphatic heterocycles. The number of thiocarbonyl (C=S) groups is 1. The monoisotopic (exact) mass is 345 g/mol. The lowest BCUT2D eigenvalue weighted by Gasteiger charge is -2.11. The van der Waals surface area contributed by atoms with Crippen molar-refractivity contribution in [2.75, 3.05) is 6.79 Å². The molecule has 1 fully saturated rings. The number of fused-ring (bicyclic) bond motifs is 1. The second-order valence-corrected chi connectivity index (χ2v) is 6.64. The summed E-state index contributed by atoms with van der Waals surface area (Å²) in [5.41, 5.74) is 0.868. The lowest BCUT2D eigenvalue weighted by molar-refractivity contribution is -0.122. The van der Waals surface area contributed by atoms with Gasteiger partial charge in [0.1, 0.15) is 10.1 Å². The van der Waals surface area contributed by atoms with E-state index >= 15 is 0 Å². The Kier molecular flexibility index (Phi) is 3.59. The number of nitrogens with zero attached hydrogens (tertiary/aromatic N) is 1. The third-order valence-electron chi connectivity index (χ3n) is 3.46. The maximum atomic E-state index is 12.5. The Bertz CT molecular complexity index is 813. The number of benzene rings is 1. The first kappa shape index (κ1) is 14.3. The van der Waals surface area contributed by atoms with Crippen molar-refractivity contribution < 1.29 is 18.7 Å². The van der Waals surface area contributed by atoms with Crippen LogP contribution in [0.15, 0.2) is 45.9 Å². The number of thioether (sulfide) groups is 1. The molecule has 0 radical (unpaired) electrons. The van der Waals surface area contributed by atoms with Crippen molar-refractivity contribution in [3.63, 3.8) is 0 Å². The van der Waals surface area contributed by atoms with Gasteiger partial charge in [-0.05, 0) is 35.9 Å². The highest BCUT2D eigenvalue weighted by Crippen LogP contribution is 2.36. The zero-order valence-corrected chi connectivity index (χ0v) is 13.5. The fourth-order valence-corrected chi connectivity index (χ4v) is 3.60. The SMILES string of the molecule is O=C1/C(=C\c2ccc3c(c2)OCO3)SC(=S)N1Cc1ccco1. The van der Waals surface area contributed by atoms with Crippen LogP contribution in [0.2, 0.25) is 0 Å². The third-order valence-corrected chi connectivity index (χ3v) is 4.84. The highest BCUT2D eigenvalue weighted by Gasteiger charge is 2.32. The van der Waals surface area contributed by atoms with E-state index in [-0.39, 0.29) is 12.7 Å². The van der Waals surface area contributed by atoms with E-state index in [2.05, 4.69) is 0 Å². The summed E-state index contributed by atoms with van der Waals surface area (Å²) < 4.78 is 16.4. The molecule has 1 amide bonds. The Balaban J connectivity index is 1.57.